The second kappa shape index (κ2) is 25.5. The highest BCUT2D eigenvalue weighted by molar-refractivity contribution is 6.25. The first-order valence-corrected chi connectivity index (χ1v) is 32.0. The Morgan fingerprint density at radius 3 is 0.969 bits per heavy atom. The molecule has 468 valence electrons. The number of benzene rings is 13. The number of aryl methyl sites for hydroxylation is 8. The molecule has 0 unspecified atom stereocenters. The van der Waals surface area contributed by atoms with Gasteiger partial charge in [0.05, 0.1) is 23.1 Å². The van der Waals surface area contributed by atoms with Crippen molar-refractivity contribution in [3.63, 3.8) is 0 Å². The standard InChI is InChI=1S/2C24H16O3.C20H14O3.C16H14O3/c25-23(18-13-12-16-11-10-15-6-1-7-17(18)21(15)16)19-8-2-4-14-5-3-9-20(22(14)19)24(26)27;25-23(19-11-10-15-9-8-14-6-3-7-18(19)22(14)15)20-12-16-4-1-2-5-17(16)13-21(20)24(26)27;21-19(15-5-1-2-6-17(15)20(22)23)16-11-10-13-9-8-12-4-3-7-14(16)18(12)13;17-14(8-9-15(18)19)12-7-6-11-5-4-10-2-1-3-13(12)16(10)11/h1-9,12-13H,10-11H2,(H,26,27);1-7,10-13H,8-9H2,(H,26,27);1-7,10-11H,8-9H2,(H,22,23);1-3,6-7H,4-5,8-9H2,(H,18,19). The van der Waals surface area contributed by atoms with Crippen LogP contribution in [0.15, 0.2) is 218 Å². The fraction of sp³-hybridized carbons (Fsp3) is 0.119. The SMILES string of the molecule is O=C(O)CCC(=O)c1ccc2c3c(cccc13)CC2.O=C(O)c1cc2ccccc2cc1C(=O)c1ccc2c3c(cccc13)CC2.O=C(O)c1cccc2cccc(C(=O)c3ccc4c5c(cccc35)CC4)c12.O=C(O)c1ccccc1C(=O)c1ccc2c3c(cccc13)CC2. The normalized spacial score (nSPS) is 12.6. The maximum absolute atomic E-state index is 13.5. The molecule has 12 nitrogen and oxygen atoms in total. The van der Waals surface area contributed by atoms with Gasteiger partial charge < -0.3 is 20.4 Å². The first-order valence-electron chi connectivity index (χ1n) is 32.0. The number of ketones is 4. The van der Waals surface area contributed by atoms with Gasteiger partial charge in [-0.3, -0.25) is 24.0 Å². The van der Waals surface area contributed by atoms with Gasteiger partial charge in [0.1, 0.15) is 0 Å². The predicted molar refractivity (Wildman–Crippen MR) is 372 cm³/mol. The second-order valence-electron chi connectivity index (χ2n) is 24.7. The van der Waals surface area contributed by atoms with Crippen LogP contribution in [0.5, 0.6) is 0 Å². The van der Waals surface area contributed by atoms with Crippen LogP contribution in [0.3, 0.4) is 0 Å². The van der Waals surface area contributed by atoms with E-state index in [1.165, 1.54) is 61.3 Å². The molecule has 0 radical (unpaired) electrons. The van der Waals surface area contributed by atoms with Gasteiger partial charge in [0.15, 0.2) is 23.1 Å². The minimum absolute atomic E-state index is 0.0424. The van der Waals surface area contributed by atoms with Crippen LogP contribution >= 0.6 is 0 Å². The van der Waals surface area contributed by atoms with Gasteiger partial charge in [-0.15, -0.1) is 0 Å². The average Bonchev–Trinajstić information content (AvgIpc) is 1.61. The summed E-state index contributed by atoms with van der Waals surface area (Å²) in [7, 11) is 0. The van der Waals surface area contributed by atoms with Crippen molar-refractivity contribution in [1.29, 1.82) is 0 Å². The van der Waals surface area contributed by atoms with Gasteiger partial charge in [-0.25, -0.2) is 14.4 Å². The molecule has 4 N–H and O–H groups in total. The number of carboxylic acid groups (broad SMARTS) is 4. The Balaban J connectivity index is 0.000000111. The van der Waals surface area contributed by atoms with Gasteiger partial charge in [0, 0.05) is 50.8 Å². The predicted octanol–water partition coefficient (Wildman–Crippen LogP) is 16.9. The number of carbonyl (C=O) groups excluding carboxylic acids is 4. The maximum atomic E-state index is 13.5. The summed E-state index contributed by atoms with van der Waals surface area (Å²) in [6.45, 7) is 0. The highest BCUT2D eigenvalue weighted by Crippen LogP contribution is 2.39. The number of aromatic carboxylic acids is 3. The molecule has 0 heterocycles. The smallest absolute Gasteiger partial charge is 0.336 e. The minimum atomic E-state index is -1.09. The van der Waals surface area contributed by atoms with Gasteiger partial charge in [0.25, 0.3) is 0 Å². The summed E-state index contributed by atoms with van der Waals surface area (Å²) in [6.07, 6.45) is 7.98. The summed E-state index contributed by atoms with van der Waals surface area (Å²) in [4.78, 5) is 97.5. The lowest BCUT2D eigenvalue weighted by molar-refractivity contribution is -0.137. The zero-order valence-electron chi connectivity index (χ0n) is 51.9. The third-order valence-corrected chi connectivity index (χ3v) is 19.3. The first kappa shape index (κ1) is 61.5. The number of carboxylic acids is 4. The number of carbonyl (C=O) groups is 8. The first-order chi connectivity index (χ1) is 46.6. The molecule has 0 saturated carbocycles. The Labute approximate surface area is 550 Å². The molecule has 0 amide bonds. The fourth-order valence-electron chi connectivity index (χ4n) is 14.8. The van der Waals surface area contributed by atoms with E-state index in [0.29, 0.717) is 33.2 Å². The molecule has 0 fully saturated rings. The molecule has 0 saturated heterocycles. The van der Waals surface area contributed by atoms with E-state index in [4.69, 9.17) is 5.11 Å². The van der Waals surface area contributed by atoms with Crippen molar-refractivity contribution < 1.29 is 58.8 Å². The fourth-order valence-corrected chi connectivity index (χ4v) is 14.8. The second-order valence-corrected chi connectivity index (χ2v) is 24.7. The van der Waals surface area contributed by atoms with Crippen LogP contribution in [0.1, 0.15) is 147 Å². The topological polar surface area (TPSA) is 217 Å². The van der Waals surface area contributed by atoms with E-state index in [9.17, 15) is 53.7 Å². The van der Waals surface area contributed by atoms with Gasteiger partial charge >= 0.3 is 23.9 Å². The van der Waals surface area contributed by atoms with Gasteiger partial charge in [0.2, 0.25) is 0 Å². The Kier molecular flexibility index (Phi) is 16.3. The Morgan fingerprint density at radius 1 is 0.240 bits per heavy atom. The van der Waals surface area contributed by atoms with Crippen molar-refractivity contribution in [3.05, 3.63) is 319 Å². The van der Waals surface area contributed by atoms with Gasteiger partial charge in [-0.05, 0) is 179 Å². The Bertz CT molecular complexity index is 5490. The van der Waals surface area contributed by atoms with Crippen LogP contribution in [0.25, 0.3) is 64.6 Å². The lowest BCUT2D eigenvalue weighted by Crippen LogP contribution is -2.10. The summed E-state index contributed by atoms with van der Waals surface area (Å²) in [6, 6.07) is 67.3. The lowest BCUT2D eigenvalue weighted by Gasteiger charge is -2.12. The van der Waals surface area contributed by atoms with E-state index in [-0.39, 0.29) is 63.8 Å². The van der Waals surface area contributed by atoms with Crippen LogP contribution < -0.4 is 0 Å². The van der Waals surface area contributed by atoms with E-state index in [1.807, 2.05) is 133 Å². The lowest BCUT2D eigenvalue weighted by atomic mass is 9.90. The summed E-state index contributed by atoms with van der Waals surface area (Å²) in [5.74, 6) is -4.83. The molecule has 0 aromatic heterocycles. The minimum Gasteiger partial charge on any atom is -0.481 e. The Morgan fingerprint density at radius 2 is 0.552 bits per heavy atom. The molecule has 0 bridgehead atoms. The van der Waals surface area contributed by atoms with E-state index < -0.39 is 23.9 Å². The molecule has 12 heteroatoms. The molecule has 17 rings (SSSR count). The molecular weight excluding hydrogens is 1200 g/mol. The van der Waals surface area contributed by atoms with Gasteiger partial charge in [-0.1, -0.05) is 194 Å². The maximum Gasteiger partial charge on any atom is 0.336 e. The molecule has 4 aliphatic carbocycles. The number of aliphatic carboxylic acids is 1. The zero-order valence-corrected chi connectivity index (χ0v) is 51.9. The van der Waals surface area contributed by atoms with E-state index in [2.05, 4.69) is 24.3 Å². The largest absolute Gasteiger partial charge is 0.481 e. The molecule has 96 heavy (non-hydrogen) atoms. The van der Waals surface area contributed by atoms with Crippen molar-refractivity contribution in [2.24, 2.45) is 0 Å². The van der Waals surface area contributed by atoms with Gasteiger partial charge in [-0.2, -0.15) is 0 Å². The van der Waals surface area contributed by atoms with Crippen LogP contribution in [0, 0.1) is 0 Å². The Hall–Kier alpha value is -12.0. The van der Waals surface area contributed by atoms with Crippen LogP contribution in [-0.4, -0.2) is 67.4 Å². The van der Waals surface area contributed by atoms with E-state index in [1.54, 1.807) is 54.6 Å². The van der Waals surface area contributed by atoms with Crippen LogP contribution in [-0.2, 0) is 56.2 Å². The highest BCUT2D eigenvalue weighted by atomic mass is 16.4. The quantitative estimate of drug-likeness (QED) is 0.0793. The molecule has 13 aromatic rings. The van der Waals surface area contributed by atoms with Crippen LogP contribution in [0.4, 0.5) is 0 Å². The third kappa shape index (κ3) is 11.2. The summed E-state index contributed by atoms with van der Waals surface area (Å²) < 4.78 is 0. The summed E-state index contributed by atoms with van der Waals surface area (Å²) in [5, 5.41) is 48.7. The van der Waals surface area contributed by atoms with Crippen molar-refractivity contribution >= 4 is 112 Å². The summed E-state index contributed by atoms with van der Waals surface area (Å²) >= 11 is 0. The van der Waals surface area contributed by atoms with E-state index in [0.717, 1.165) is 99.8 Å². The zero-order chi connectivity index (χ0) is 66.5. The molecule has 0 atom stereocenters. The third-order valence-electron chi connectivity index (χ3n) is 19.3. The molecule has 0 aliphatic heterocycles. The molecule has 4 aliphatic rings. The van der Waals surface area contributed by atoms with Crippen molar-refractivity contribution in [1.82, 2.24) is 0 Å². The number of hydrogen-bond donors (Lipinski definition) is 4. The number of rotatable bonds is 13. The monoisotopic (exact) mass is 1260 g/mol. The average molecular weight is 1260 g/mol. The number of Topliss-reactive ketones (excluding diaryl/α,β-unsaturated/α-hetero) is 1. The van der Waals surface area contributed by atoms with E-state index >= 15 is 0 Å². The number of hydrogen-bond acceptors (Lipinski definition) is 8. The number of fused-ring (bicyclic) bond motifs is 2. The van der Waals surface area contributed by atoms with Crippen LogP contribution in [0.2, 0.25) is 0 Å². The summed E-state index contributed by atoms with van der Waals surface area (Å²) in [5.41, 5.74) is 13.8. The highest BCUT2D eigenvalue weighted by Gasteiger charge is 2.28. The molecular formula is C84H60O12. The van der Waals surface area contributed by atoms with Crippen molar-refractivity contribution in [3.8, 4) is 0 Å². The van der Waals surface area contributed by atoms with Crippen molar-refractivity contribution in [2.45, 2.75) is 64.2 Å². The molecule has 13 aromatic carbocycles. The van der Waals surface area contributed by atoms with Crippen molar-refractivity contribution in [2.75, 3.05) is 0 Å². The molecule has 0 spiro atoms.